The molecule has 0 radical (unpaired) electrons. The summed E-state index contributed by atoms with van der Waals surface area (Å²) in [4.78, 5) is 24.4. The van der Waals surface area contributed by atoms with Crippen molar-refractivity contribution in [3.05, 3.63) is 24.4 Å². The SMILES string of the molecule is C=CCN1CCC(CNC(=O)c2cnc(NCCC)nc2NC2CCCCC2)CC1. The molecule has 166 valence electrons. The minimum absolute atomic E-state index is 0.0797. The Hall–Kier alpha value is -2.15. The maximum absolute atomic E-state index is 13.0. The number of hydrogen-bond donors (Lipinski definition) is 3. The molecule has 0 spiro atoms. The van der Waals surface area contributed by atoms with Gasteiger partial charge >= 0.3 is 0 Å². The van der Waals surface area contributed by atoms with Crippen molar-refractivity contribution < 1.29 is 4.79 Å². The molecule has 1 aromatic rings. The third-order valence-electron chi connectivity index (χ3n) is 6.16. The lowest BCUT2D eigenvalue weighted by Crippen LogP contribution is -2.39. The van der Waals surface area contributed by atoms with Gasteiger partial charge in [-0.2, -0.15) is 4.98 Å². The van der Waals surface area contributed by atoms with Crippen molar-refractivity contribution in [3.63, 3.8) is 0 Å². The third kappa shape index (κ3) is 6.69. The lowest BCUT2D eigenvalue weighted by molar-refractivity contribution is 0.0937. The van der Waals surface area contributed by atoms with Crippen LogP contribution in [0.1, 0.15) is 68.6 Å². The maximum atomic E-state index is 13.0. The van der Waals surface area contributed by atoms with Crippen molar-refractivity contribution in [3.8, 4) is 0 Å². The molecule has 30 heavy (non-hydrogen) atoms. The Morgan fingerprint density at radius 2 is 2.00 bits per heavy atom. The first kappa shape index (κ1) is 22.5. The molecule has 7 heteroatoms. The number of nitrogens with one attached hydrogen (secondary N) is 3. The number of amides is 1. The van der Waals surface area contributed by atoms with E-state index >= 15 is 0 Å². The largest absolute Gasteiger partial charge is 0.367 e. The van der Waals surface area contributed by atoms with Crippen molar-refractivity contribution in [2.24, 2.45) is 5.92 Å². The highest BCUT2D eigenvalue weighted by Crippen LogP contribution is 2.23. The van der Waals surface area contributed by atoms with E-state index < -0.39 is 0 Å². The van der Waals surface area contributed by atoms with E-state index in [0.29, 0.717) is 35.8 Å². The molecule has 3 N–H and O–H groups in total. The summed E-state index contributed by atoms with van der Waals surface area (Å²) in [5, 5.41) is 9.91. The topological polar surface area (TPSA) is 82.2 Å². The fraction of sp³-hybridized carbons (Fsp3) is 0.696. The zero-order valence-electron chi connectivity index (χ0n) is 18.5. The van der Waals surface area contributed by atoms with E-state index in [-0.39, 0.29) is 5.91 Å². The van der Waals surface area contributed by atoms with E-state index in [2.05, 4.69) is 44.3 Å². The van der Waals surface area contributed by atoms with Crippen LogP contribution in [-0.4, -0.2) is 59.5 Å². The first-order valence-electron chi connectivity index (χ1n) is 11.7. The Kier molecular flexibility index (Phi) is 8.93. The molecule has 3 rings (SSSR count). The number of nitrogens with zero attached hydrogens (tertiary/aromatic N) is 3. The monoisotopic (exact) mass is 414 g/mol. The van der Waals surface area contributed by atoms with Gasteiger partial charge in [0, 0.05) is 31.9 Å². The molecule has 0 bridgehead atoms. The number of anilines is 2. The van der Waals surface area contributed by atoms with Gasteiger partial charge in [0.2, 0.25) is 5.95 Å². The van der Waals surface area contributed by atoms with Gasteiger partial charge in [-0.3, -0.25) is 9.69 Å². The molecule has 1 amide bonds. The minimum Gasteiger partial charge on any atom is -0.367 e. The summed E-state index contributed by atoms with van der Waals surface area (Å²) in [6.07, 6.45) is 12.9. The molecule has 1 saturated carbocycles. The summed E-state index contributed by atoms with van der Waals surface area (Å²) in [6, 6.07) is 0.383. The Bertz CT molecular complexity index is 680. The minimum atomic E-state index is -0.0797. The van der Waals surface area contributed by atoms with Gasteiger partial charge in [-0.1, -0.05) is 32.3 Å². The number of hydrogen-bond acceptors (Lipinski definition) is 6. The van der Waals surface area contributed by atoms with Crippen LogP contribution in [0.4, 0.5) is 11.8 Å². The van der Waals surface area contributed by atoms with E-state index in [0.717, 1.165) is 58.3 Å². The van der Waals surface area contributed by atoms with Crippen LogP contribution in [0, 0.1) is 5.92 Å². The molecule has 7 nitrogen and oxygen atoms in total. The van der Waals surface area contributed by atoms with Gasteiger partial charge in [0.05, 0.1) is 0 Å². The number of rotatable bonds is 10. The number of carbonyl (C=O) groups is 1. The lowest BCUT2D eigenvalue weighted by Gasteiger charge is -2.31. The second-order valence-electron chi connectivity index (χ2n) is 8.60. The summed E-state index contributed by atoms with van der Waals surface area (Å²) >= 11 is 0. The third-order valence-corrected chi connectivity index (χ3v) is 6.16. The van der Waals surface area contributed by atoms with E-state index in [9.17, 15) is 4.79 Å². The molecule has 2 fully saturated rings. The predicted molar refractivity (Wildman–Crippen MR) is 123 cm³/mol. The first-order chi connectivity index (χ1) is 14.7. The molecular weight excluding hydrogens is 376 g/mol. The second kappa shape index (κ2) is 11.9. The molecule has 0 atom stereocenters. The highest BCUT2D eigenvalue weighted by molar-refractivity contribution is 5.98. The van der Waals surface area contributed by atoms with Gasteiger partial charge in [-0.05, 0) is 51.1 Å². The van der Waals surface area contributed by atoms with Gasteiger partial charge in [0.15, 0.2) is 0 Å². The van der Waals surface area contributed by atoms with Crippen LogP contribution in [0.5, 0.6) is 0 Å². The molecular formula is C23H38N6O. The van der Waals surface area contributed by atoms with E-state index in [4.69, 9.17) is 0 Å². The molecule has 1 saturated heterocycles. The van der Waals surface area contributed by atoms with Crippen LogP contribution in [0.25, 0.3) is 0 Å². The van der Waals surface area contributed by atoms with Crippen LogP contribution in [0.2, 0.25) is 0 Å². The number of carbonyl (C=O) groups excluding carboxylic acids is 1. The molecule has 1 aliphatic carbocycles. The van der Waals surface area contributed by atoms with Gasteiger partial charge in [-0.25, -0.2) is 4.98 Å². The Morgan fingerprint density at radius 1 is 1.23 bits per heavy atom. The van der Waals surface area contributed by atoms with Crippen LogP contribution in [0.3, 0.4) is 0 Å². The average Bonchev–Trinajstić information content (AvgIpc) is 2.78. The normalized spacial score (nSPS) is 18.7. The van der Waals surface area contributed by atoms with E-state index in [1.165, 1.54) is 19.3 Å². The quantitative estimate of drug-likeness (QED) is 0.507. The second-order valence-corrected chi connectivity index (χ2v) is 8.60. The molecule has 2 heterocycles. The van der Waals surface area contributed by atoms with Crippen molar-refractivity contribution in [2.45, 2.75) is 64.3 Å². The number of aromatic nitrogens is 2. The smallest absolute Gasteiger partial charge is 0.256 e. The molecule has 0 unspecified atom stereocenters. The summed E-state index contributed by atoms with van der Waals surface area (Å²) in [5.74, 6) is 1.69. The summed E-state index contributed by atoms with van der Waals surface area (Å²) in [7, 11) is 0. The predicted octanol–water partition coefficient (Wildman–Crippen LogP) is 3.67. The first-order valence-corrected chi connectivity index (χ1v) is 11.7. The van der Waals surface area contributed by atoms with Crippen molar-refractivity contribution in [1.82, 2.24) is 20.2 Å². The Morgan fingerprint density at radius 3 is 2.70 bits per heavy atom. The van der Waals surface area contributed by atoms with Gasteiger partial charge in [0.25, 0.3) is 5.91 Å². The molecule has 1 aromatic heterocycles. The maximum Gasteiger partial charge on any atom is 0.256 e. The molecule has 2 aliphatic rings. The van der Waals surface area contributed by atoms with Crippen LogP contribution < -0.4 is 16.0 Å². The van der Waals surface area contributed by atoms with Crippen LogP contribution >= 0.6 is 0 Å². The molecule has 1 aliphatic heterocycles. The van der Waals surface area contributed by atoms with Crippen molar-refractivity contribution in [1.29, 1.82) is 0 Å². The lowest BCUT2D eigenvalue weighted by atomic mass is 9.95. The van der Waals surface area contributed by atoms with Gasteiger partial charge < -0.3 is 16.0 Å². The highest BCUT2D eigenvalue weighted by Gasteiger charge is 2.22. The fourth-order valence-corrected chi connectivity index (χ4v) is 4.31. The summed E-state index contributed by atoms with van der Waals surface area (Å²) < 4.78 is 0. The van der Waals surface area contributed by atoms with Crippen LogP contribution in [-0.2, 0) is 0 Å². The average molecular weight is 415 g/mol. The zero-order valence-corrected chi connectivity index (χ0v) is 18.5. The molecule has 0 aromatic carbocycles. The number of likely N-dealkylation sites (tertiary alicyclic amines) is 1. The summed E-state index contributed by atoms with van der Waals surface area (Å²) in [5.41, 5.74) is 0.548. The number of piperidine rings is 1. The summed E-state index contributed by atoms with van der Waals surface area (Å²) in [6.45, 7) is 10.5. The highest BCUT2D eigenvalue weighted by atomic mass is 16.1. The Balaban J connectivity index is 1.60. The van der Waals surface area contributed by atoms with Crippen LogP contribution in [0.15, 0.2) is 18.9 Å². The standard InChI is InChI=1S/C23H38N6O/c1-3-12-24-23-26-17-20(21(28-23)27-19-8-6-5-7-9-19)22(30)25-16-18-10-14-29(13-4-2)15-11-18/h4,17-19H,2-3,5-16H2,1H3,(H,25,30)(H2,24,26,27,28). The van der Waals surface area contributed by atoms with Crippen molar-refractivity contribution >= 4 is 17.7 Å². The van der Waals surface area contributed by atoms with E-state index in [1.807, 2.05) is 6.08 Å². The van der Waals surface area contributed by atoms with Gasteiger partial charge in [-0.15, -0.1) is 6.58 Å². The Labute approximate surface area is 181 Å². The fourth-order valence-electron chi connectivity index (χ4n) is 4.31. The van der Waals surface area contributed by atoms with Gasteiger partial charge in [0.1, 0.15) is 11.4 Å². The van der Waals surface area contributed by atoms with Crippen molar-refractivity contribution in [2.75, 3.05) is 43.4 Å². The zero-order chi connectivity index (χ0) is 21.2. The van der Waals surface area contributed by atoms with E-state index in [1.54, 1.807) is 6.20 Å².